The Balaban J connectivity index is 2.21. The van der Waals surface area contributed by atoms with Gasteiger partial charge in [0.1, 0.15) is 0 Å². The molecule has 3 rings (SSSR count). The number of hydrogen-bond acceptors (Lipinski definition) is 3. The highest BCUT2D eigenvalue weighted by Gasteiger charge is 2.17. The molecule has 0 saturated heterocycles. The zero-order valence-electron chi connectivity index (χ0n) is 11.4. The highest BCUT2D eigenvalue weighted by atomic mass is 79.9. The molecule has 0 fully saturated rings. The predicted molar refractivity (Wildman–Crippen MR) is 96.3 cm³/mol. The molecule has 1 heterocycles. The zero-order chi connectivity index (χ0) is 15.7. The summed E-state index contributed by atoms with van der Waals surface area (Å²) < 4.78 is 2.99. The summed E-state index contributed by atoms with van der Waals surface area (Å²) in [6.07, 6.45) is 1.96. The molecule has 3 nitrogen and oxygen atoms in total. The SMILES string of the molecule is CSc1nnc(-c2ccc(Cl)cc2Cl)n1-c1ccc(Br)cc1. The van der Waals surface area contributed by atoms with E-state index in [-0.39, 0.29) is 0 Å². The average Bonchev–Trinajstić information content (AvgIpc) is 2.92. The Morgan fingerprint density at radius 1 is 1.05 bits per heavy atom. The number of thioether (sulfide) groups is 1. The van der Waals surface area contributed by atoms with E-state index in [1.54, 1.807) is 12.1 Å². The lowest BCUT2D eigenvalue weighted by molar-refractivity contribution is 0.888. The van der Waals surface area contributed by atoms with Crippen LogP contribution in [0, 0.1) is 0 Å². The fourth-order valence-electron chi connectivity index (χ4n) is 2.07. The second kappa shape index (κ2) is 6.62. The normalized spacial score (nSPS) is 10.9. The van der Waals surface area contributed by atoms with Crippen LogP contribution >= 0.6 is 50.9 Å². The monoisotopic (exact) mass is 413 g/mol. The molecule has 0 aliphatic carbocycles. The summed E-state index contributed by atoms with van der Waals surface area (Å²) >= 11 is 17.3. The maximum atomic E-state index is 6.32. The van der Waals surface area contributed by atoms with E-state index in [9.17, 15) is 0 Å². The van der Waals surface area contributed by atoms with Crippen molar-refractivity contribution in [2.75, 3.05) is 6.26 Å². The smallest absolute Gasteiger partial charge is 0.195 e. The Morgan fingerprint density at radius 2 is 1.77 bits per heavy atom. The summed E-state index contributed by atoms with van der Waals surface area (Å²) in [6, 6.07) is 13.3. The molecule has 0 N–H and O–H groups in total. The molecular weight excluding hydrogens is 405 g/mol. The Morgan fingerprint density at radius 3 is 2.41 bits per heavy atom. The maximum Gasteiger partial charge on any atom is 0.195 e. The van der Waals surface area contributed by atoms with E-state index < -0.39 is 0 Å². The molecule has 112 valence electrons. The summed E-state index contributed by atoms with van der Waals surface area (Å²) in [5.41, 5.74) is 1.76. The summed E-state index contributed by atoms with van der Waals surface area (Å²) in [6.45, 7) is 0. The molecule has 0 aliphatic heterocycles. The van der Waals surface area contributed by atoms with Crippen LogP contribution in [-0.2, 0) is 0 Å². The van der Waals surface area contributed by atoms with Crippen molar-refractivity contribution >= 4 is 50.9 Å². The standard InChI is InChI=1S/C15H10BrCl2N3S/c1-22-15-20-19-14(12-7-4-10(17)8-13(12)18)21(15)11-5-2-9(16)3-6-11/h2-8H,1H3. The Kier molecular flexibility index (Phi) is 4.78. The lowest BCUT2D eigenvalue weighted by atomic mass is 10.2. The van der Waals surface area contributed by atoms with Gasteiger partial charge in [-0.05, 0) is 48.7 Å². The number of rotatable bonds is 3. The third-order valence-electron chi connectivity index (χ3n) is 3.07. The van der Waals surface area contributed by atoms with Gasteiger partial charge in [-0.3, -0.25) is 4.57 Å². The molecule has 1 aromatic heterocycles. The van der Waals surface area contributed by atoms with Crippen LogP contribution in [0.4, 0.5) is 0 Å². The van der Waals surface area contributed by atoms with E-state index in [0.717, 1.165) is 20.9 Å². The van der Waals surface area contributed by atoms with Crippen LogP contribution in [0.2, 0.25) is 10.0 Å². The van der Waals surface area contributed by atoms with Crippen molar-refractivity contribution in [2.24, 2.45) is 0 Å². The van der Waals surface area contributed by atoms with Crippen molar-refractivity contribution in [3.05, 3.63) is 57.0 Å². The number of nitrogens with zero attached hydrogens (tertiary/aromatic N) is 3. The minimum Gasteiger partial charge on any atom is -0.270 e. The van der Waals surface area contributed by atoms with Gasteiger partial charge in [0.05, 0.1) is 5.02 Å². The first kappa shape index (κ1) is 15.9. The number of aromatic nitrogens is 3. The number of hydrogen-bond donors (Lipinski definition) is 0. The van der Waals surface area contributed by atoms with Crippen molar-refractivity contribution < 1.29 is 0 Å². The molecule has 0 saturated carbocycles. The predicted octanol–water partition coefficient (Wildman–Crippen LogP) is 5.73. The van der Waals surface area contributed by atoms with Crippen LogP contribution in [0.3, 0.4) is 0 Å². The van der Waals surface area contributed by atoms with Gasteiger partial charge in [-0.1, -0.05) is 50.9 Å². The van der Waals surface area contributed by atoms with E-state index in [1.807, 2.05) is 41.2 Å². The highest BCUT2D eigenvalue weighted by molar-refractivity contribution is 9.10. The molecule has 0 amide bonds. The first-order valence-corrected chi connectivity index (χ1v) is 9.08. The molecule has 2 aromatic carbocycles. The number of halogens is 3. The minimum atomic E-state index is 0.547. The lowest BCUT2D eigenvalue weighted by Crippen LogP contribution is -1.99. The summed E-state index contributed by atoms with van der Waals surface area (Å²) in [5.74, 6) is 0.688. The fourth-order valence-corrected chi connectivity index (χ4v) is 3.32. The molecule has 22 heavy (non-hydrogen) atoms. The average molecular weight is 415 g/mol. The van der Waals surface area contributed by atoms with Gasteiger partial charge in [-0.25, -0.2) is 0 Å². The van der Waals surface area contributed by atoms with Crippen molar-refractivity contribution in [2.45, 2.75) is 5.16 Å². The van der Waals surface area contributed by atoms with Crippen LogP contribution in [0.25, 0.3) is 17.1 Å². The van der Waals surface area contributed by atoms with E-state index >= 15 is 0 Å². The van der Waals surface area contributed by atoms with E-state index in [1.165, 1.54) is 11.8 Å². The van der Waals surface area contributed by atoms with Gasteiger partial charge in [0.15, 0.2) is 11.0 Å². The van der Waals surface area contributed by atoms with Gasteiger partial charge in [-0.2, -0.15) is 0 Å². The highest BCUT2D eigenvalue weighted by Crippen LogP contribution is 2.33. The second-order valence-electron chi connectivity index (χ2n) is 4.45. The second-order valence-corrected chi connectivity index (χ2v) is 6.98. The Labute approximate surface area is 150 Å². The Bertz CT molecular complexity index is 818. The molecule has 0 bridgehead atoms. The molecule has 0 spiro atoms. The molecule has 3 aromatic rings. The van der Waals surface area contributed by atoms with Crippen molar-refractivity contribution in [1.82, 2.24) is 14.8 Å². The molecule has 0 unspecified atom stereocenters. The molecule has 0 atom stereocenters. The summed E-state index contributed by atoms with van der Waals surface area (Å²) in [4.78, 5) is 0. The van der Waals surface area contributed by atoms with E-state index in [2.05, 4.69) is 26.1 Å². The van der Waals surface area contributed by atoms with Gasteiger partial charge in [0.25, 0.3) is 0 Å². The summed E-state index contributed by atoms with van der Waals surface area (Å²) in [5, 5.41) is 10.5. The topological polar surface area (TPSA) is 30.7 Å². The van der Waals surface area contributed by atoms with Crippen molar-refractivity contribution in [1.29, 1.82) is 0 Å². The molecular formula is C15H10BrCl2N3S. The number of benzene rings is 2. The quantitative estimate of drug-likeness (QED) is 0.513. The van der Waals surface area contributed by atoms with Crippen LogP contribution in [0.1, 0.15) is 0 Å². The first-order chi connectivity index (χ1) is 10.6. The Hall–Kier alpha value is -1.01. The molecule has 0 radical (unpaired) electrons. The van der Waals surface area contributed by atoms with Gasteiger partial charge in [0.2, 0.25) is 0 Å². The van der Waals surface area contributed by atoms with E-state index in [4.69, 9.17) is 23.2 Å². The molecule has 0 aliphatic rings. The van der Waals surface area contributed by atoms with Crippen molar-refractivity contribution in [3.8, 4) is 17.1 Å². The van der Waals surface area contributed by atoms with Gasteiger partial charge in [-0.15, -0.1) is 10.2 Å². The van der Waals surface area contributed by atoms with Crippen molar-refractivity contribution in [3.63, 3.8) is 0 Å². The largest absolute Gasteiger partial charge is 0.270 e. The van der Waals surface area contributed by atoms with E-state index in [0.29, 0.717) is 15.9 Å². The van der Waals surface area contributed by atoms with Crippen LogP contribution in [0.15, 0.2) is 52.1 Å². The van der Waals surface area contributed by atoms with Gasteiger partial charge < -0.3 is 0 Å². The fraction of sp³-hybridized carbons (Fsp3) is 0.0667. The van der Waals surface area contributed by atoms with Gasteiger partial charge >= 0.3 is 0 Å². The molecule has 7 heteroatoms. The van der Waals surface area contributed by atoms with Crippen LogP contribution in [0.5, 0.6) is 0 Å². The minimum absolute atomic E-state index is 0.547. The first-order valence-electron chi connectivity index (χ1n) is 6.31. The lowest BCUT2D eigenvalue weighted by Gasteiger charge is -2.10. The summed E-state index contributed by atoms with van der Waals surface area (Å²) in [7, 11) is 0. The van der Waals surface area contributed by atoms with Crippen LogP contribution in [-0.4, -0.2) is 21.0 Å². The van der Waals surface area contributed by atoms with Crippen LogP contribution < -0.4 is 0 Å². The van der Waals surface area contributed by atoms with Gasteiger partial charge in [0, 0.05) is 20.7 Å². The zero-order valence-corrected chi connectivity index (χ0v) is 15.3. The maximum absolute atomic E-state index is 6.32. The third kappa shape index (κ3) is 3.04. The third-order valence-corrected chi connectivity index (χ3v) is 4.78.